The molecular formula is C18H21Cl3N4O. The normalized spacial score (nSPS) is 17.3. The van der Waals surface area contributed by atoms with Crippen LogP contribution in [0, 0.1) is 5.92 Å². The van der Waals surface area contributed by atoms with Crippen molar-refractivity contribution in [2.75, 3.05) is 24.5 Å². The maximum atomic E-state index is 12.4. The molecule has 1 amide bonds. The minimum atomic E-state index is -0.0139. The number of amides is 1. The van der Waals surface area contributed by atoms with Crippen LogP contribution in [0.2, 0.25) is 15.2 Å². The summed E-state index contributed by atoms with van der Waals surface area (Å²) in [5, 5.41) is 1.18. The molecule has 0 aliphatic carbocycles. The van der Waals surface area contributed by atoms with Gasteiger partial charge < -0.3 is 9.80 Å². The summed E-state index contributed by atoms with van der Waals surface area (Å²) in [6.45, 7) is 8.02. The molecule has 0 saturated carbocycles. The Bertz CT molecular complexity index is 843. The summed E-state index contributed by atoms with van der Waals surface area (Å²) < 4.78 is 0. The van der Waals surface area contributed by atoms with E-state index in [9.17, 15) is 4.79 Å². The maximum absolute atomic E-state index is 12.4. The van der Waals surface area contributed by atoms with Crippen LogP contribution in [0.15, 0.2) is 12.1 Å². The Morgan fingerprint density at radius 1 is 1.23 bits per heavy atom. The molecule has 0 bridgehead atoms. The van der Waals surface area contributed by atoms with Crippen molar-refractivity contribution in [3.05, 3.63) is 27.3 Å². The first-order chi connectivity index (χ1) is 12.3. The van der Waals surface area contributed by atoms with Crippen LogP contribution in [0.4, 0.5) is 5.82 Å². The maximum Gasteiger partial charge on any atom is 0.225 e. The molecule has 1 aromatic heterocycles. The number of fused-ring (bicyclic) bond motifs is 1. The SMILES string of the molecule is CCN(C(=O)C(C)C)C1CCN(c2nc3cc(Cl)c(Cl)cc3nc2Cl)C1. The zero-order chi connectivity index (χ0) is 19.0. The Morgan fingerprint density at radius 2 is 1.85 bits per heavy atom. The average Bonchev–Trinajstić information content (AvgIpc) is 3.06. The van der Waals surface area contributed by atoms with E-state index in [1.807, 2.05) is 25.7 Å². The van der Waals surface area contributed by atoms with Crippen LogP contribution in [-0.2, 0) is 4.79 Å². The van der Waals surface area contributed by atoms with Crippen LogP contribution in [-0.4, -0.2) is 46.5 Å². The van der Waals surface area contributed by atoms with E-state index in [0.29, 0.717) is 45.1 Å². The zero-order valence-electron chi connectivity index (χ0n) is 15.0. The number of hydrogen-bond acceptors (Lipinski definition) is 4. The first-order valence-corrected chi connectivity index (χ1v) is 9.83. The summed E-state index contributed by atoms with van der Waals surface area (Å²) >= 11 is 18.5. The molecule has 5 nitrogen and oxygen atoms in total. The Labute approximate surface area is 168 Å². The van der Waals surface area contributed by atoms with E-state index >= 15 is 0 Å². The predicted octanol–water partition coefficient (Wildman–Crippen LogP) is 4.67. The Balaban J connectivity index is 1.87. The lowest BCUT2D eigenvalue weighted by Crippen LogP contribution is -2.43. The zero-order valence-corrected chi connectivity index (χ0v) is 17.2. The molecule has 2 aromatic rings. The number of rotatable bonds is 4. The first-order valence-electron chi connectivity index (χ1n) is 8.69. The van der Waals surface area contributed by atoms with Crippen LogP contribution < -0.4 is 4.90 Å². The van der Waals surface area contributed by atoms with Crippen LogP contribution in [0.5, 0.6) is 0 Å². The highest BCUT2D eigenvalue weighted by Crippen LogP contribution is 2.32. The lowest BCUT2D eigenvalue weighted by atomic mass is 10.1. The van der Waals surface area contributed by atoms with Gasteiger partial charge in [0.05, 0.1) is 27.1 Å². The number of hydrogen-bond donors (Lipinski definition) is 0. The van der Waals surface area contributed by atoms with Gasteiger partial charge in [0, 0.05) is 25.6 Å². The van der Waals surface area contributed by atoms with Gasteiger partial charge in [0.15, 0.2) is 11.0 Å². The Kier molecular flexibility index (Phi) is 5.80. The molecular weight excluding hydrogens is 395 g/mol. The van der Waals surface area contributed by atoms with Gasteiger partial charge in [0.25, 0.3) is 0 Å². The van der Waals surface area contributed by atoms with Crippen molar-refractivity contribution < 1.29 is 4.79 Å². The van der Waals surface area contributed by atoms with Crippen molar-refractivity contribution in [1.29, 1.82) is 0 Å². The summed E-state index contributed by atoms with van der Waals surface area (Å²) in [6, 6.07) is 3.51. The standard InChI is InChI=1S/C18H21Cl3N4O/c1-4-25(18(26)10(2)3)11-5-6-24(9-11)17-16(21)22-14-7-12(19)13(20)8-15(14)23-17/h7-8,10-11H,4-6,9H2,1-3H3. The highest BCUT2D eigenvalue weighted by Gasteiger charge is 2.32. The Morgan fingerprint density at radius 3 is 2.42 bits per heavy atom. The molecule has 0 N–H and O–H groups in total. The van der Waals surface area contributed by atoms with Gasteiger partial charge in [-0.05, 0) is 25.5 Å². The van der Waals surface area contributed by atoms with Crippen LogP contribution in [0.3, 0.4) is 0 Å². The molecule has 1 aliphatic heterocycles. The van der Waals surface area contributed by atoms with Crippen molar-refractivity contribution in [2.45, 2.75) is 33.2 Å². The van der Waals surface area contributed by atoms with Crippen molar-refractivity contribution in [3.63, 3.8) is 0 Å². The van der Waals surface area contributed by atoms with Crippen molar-refractivity contribution in [1.82, 2.24) is 14.9 Å². The van der Waals surface area contributed by atoms with Gasteiger partial charge in [-0.15, -0.1) is 0 Å². The Hall–Kier alpha value is -1.30. The number of aromatic nitrogens is 2. The summed E-state index contributed by atoms with van der Waals surface area (Å²) in [6.07, 6.45) is 0.879. The second-order valence-electron chi connectivity index (χ2n) is 6.76. The van der Waals surface area contributed by atoms with Gasteiger partial charge in [-0.25, -0.2) is 9.97 Å². The predicted molar refractivity (Wildman–Crippen MR) is 107 cm³/mol. The summed E-state index contributed by atoms with van der Waals surface area (Å²) in [4.78, 5) is 25.5. The topological polar surface area (TPSA) is 49.3 Å². The minimum absolute atomic E-state index is 0.0139. The molecule has 1 atom stereocenters. The van der Waals surface area contributed by atoms with Gasteiger partial charge in [-0.2, -0.15) is 0 Å². The molecule has 3 rings (SSSR count). The molecule has 2 heterocycles. The third kappa shape index (κ3) is 3.71. The number of anilines is 1. The van der Waals surface area contributed by atoms with E-state index in [0.717, 1.165) is 13.0 Å². The fraction of sp³-hybridized carbons (Fsp3) is 0.500. The number of carbonyl (C=O) groups excluding carboxylic acids is 1. The van der Waals surface area contributed by atoms with Gasteiger partial charge >= 0.3 is 0 Å². The van der Waals surface area contributed by atoms with Crippen LogP contribution >= 0.6 is 34.8 Å². The van der Waals surface area contributed by atoms with Gasteiger partial charge in [-0.1, -0.05) is 48.7 Å². The largest absolute Gasteiger partial charge is 0.352 e. The van der Waals surface area contributed by atoms with Crippen molar-refractivity contribution >= 4 is 57.6 Å². The molecule has 1 aromatic carbocycles. The third-order valence-corrected chi connectivity index (χ3v) is 5.64. The number of carbonyl (C=O) groups is 1. The van der Waals surface area contributed by atoms with Gasteiger partial charge in [0.2, 0.25) is 5.91 Å². The molecule has 1 saturated heterocycles. The van der Waals surface area contributed by atoms with E-state index in [1.165, 1.54) is 0 Å². The third-order valence-electron chi connectivity index (χ3n) is 4.67. The summed E-state index contributed by atoms with van der Waals surface area (Å²) in [5.41, 5.74) is 1.25. The van der Waals surface area contributed by atoms with Crippen molar-refractivity contribution in [2.24, 2.45) is 5.92 Å². The van der Waals surface area contributed by atoms with Crippen LogP contribution in [0.25, 0.3) is 11.0 Å². The summed E-state index contributed by atoms with van der Waals surface area (Å²) in [7, 11) is 0. The number of benzene rings is 1. The highest BCUT2D eigenvalue weighted by molar-refractivity contribution is 6.42. The highest BCUT2D eigenvalue weighted by atomic mass is 35.5. The first kappa shape index (κ1) is 19.5. The number of nitrogens with zero attached hydrogens (tertiary/aromatic N) is 4. The van der Waals surface area contributed by atoms with E-state index in [4.69, 9.17) is 34.8 Å². The average molecular weight is 416 g/mol. The fourth-order valence-corrected chi connectivity index (χ4v) is 3.90. The van der Waals surface area contributed by atoms with Crippen molar-refractivity contribution in [3.8, 4) is 0 Å². The molecule has 1 fully saturated rings. The smallest absolute Gasteiger partial charge is 0.225 e. The molecule has 0 radical (unpaired) electrons. The van der Waals surface area contributed by atoms with Crippen LogP contribution in [0.1, 0.15) is 27.2 Å². The molecule has 8 heteroatoms. The number of likely N-dealkylation sites (N-methyl/N-ethyl adjacent to an activating group) is 1. The monoisotopic (exact) mass is 414 g/mol. The minimum Gasteiger partial charge on any atom is -0.352 e. The number of halogens is 3. The fourth-order valence-electron chi connectivity index (χ4n) is 3.34. The lowest BCUT2D eigenvalue weighted by Gasteiger charge is -2.29. The van der Waals surface area contributed by atoms with E-state index in [2.05, 4.69) is 14.9 Å². The lowest BCUT2D eigenvalue weighted by molar-refractivity contribution is -0.136. The van der Waals surface area contributed by atoms with E-state index in [1.54, 1.807) is 12.1 Å². The molecule has 1 aliphatic rings. The molecule has 26 heavy (non-hydrogen) atoms. The summed E-state index contributed by atoms with van der Waals surface area (Å²) in [5.74, 6) is 0.782. The molecule has 1 unspecified atom stereocenters. The second-order valence-corrected chi connectivity index (χ2v) is 7.93. The molecule has 140 valence electrons. The molecule has 0 spiro atoms. The van der Waals surface area contributed by atoms with E-state index < -0.39 is 0 Å². The van der Waals surface area contributed by atoms with Gasteiger partial charge in [-0.3, -0.25) is 4.79 Å². The van der Waals surface area contributed by atoms with E-state index in [-0.39, 0.29) is 17.9 Å². The van der Waals surface area contributed by atoms with Gasteiger partial charge in [0.1, 0.15) is 0 Å². The quantitative estimate of drug-likeness (QED) is 0.728. The second kappa shape index (κ2) is 7.75.